The van der Waals surface area contributed by atoms with Crippen LogP contribution in [0.2, 0.25) is 0 Å². The number of carbonyl (C=O) groups excluding carboxylic acids is 1. The molecule has 0 aromatic heterocycles. The number of anilines is 3. The number of nitrogens with one attached hydrogen (secondary N) is 2. The Labute approximate surface area is 245 Å². The number of hydrogen-bond donors (Lipinski definition) is 3. The molecule has 6 rings (SSSR count). The van der Waals surface area contributed by atoms with Gasteiger partial charge in [-0.3, -0.25) is 4.79 Å². The van der Waals surface area contributed by atoms with Gasteiger partial charge in [0.15, 0.2) is 0 Å². The summed E-state index contributed by atoms with van der Waals surface area (Å²) in [4.78, 5) is 17.8. The molecule has 0 bridgehead atoms. The first kappa shape index (κ1) is 29.1. The maximum absolute atomic E-state index is 13.9. The third-order valence-electron chi connectivity index (χ3n) is 9.13. The van der Waals surface area contributed by atoms with Crippen molar-refractivity contribution in [2.75, 3.05) is 61.1 Å². The second-order valence-corrected chi connectivity index (χ2v) is 13.8. The number of nitrogens with zero attached hydrogens (tertiary/aromatic N) is 2. The first-order valence-electron chi connectivity index (χ1n) is 14.8. The molecule has 228 valence electrons. The van der Waals surface area contributed by atoms with Gasteiger partial charge in [-0.2, -0.15) is 0 Å². The van der Waals surface area contributed by atoms with Gasteiger partial charge in [0.2, 0.25) is 10.0 Å². The summed E-state index contributed by atoms with van der Waals surface area (Å²) < 4.78 is 61.9. The lowest BCUT2D eigenvalue weighted by Gasteiger charge is -2.36. The molecule has 9 nitrogen and oxygen atoms in total. The number of sulfonamides is 1. The molecule has 0 radical (unpaired) electrons. The maximum atomic E-state index is 13.9. The van der Waals surface area contributed by atoms with Crippen molar-refractivity contribution in [1.29, 1.82) is 0 Å². The van der Waals surface area contributed by atoms with Gasteiger partial charge in [-0.1, -0.05) is 0 Å². The molecule has 4 aliphatic rings. The minimum absolute atomic E-state index is 0.0609. The Morgan fingerprint density at radius 3 is 2.33 bits per heavy atom. The summed E-state index contributed by atoms with van der Waals surface area (Å²) >= 11 is 0. The number of piperidine rings is 2. The number of hydrogen-bond acceptors (Lipinski definition) is 7. The number of amides is 1. The number of alkyl halides is 2. The van der Waals surface area contributed by atoms with Gasteiger partial charge in [0.1, 0.15) is 5.75 Å². The average Bonchev–Trinajstić information content (AvgIpc) is 3.74. The summed E-state index contributed by atoms with van der Waals surface area (Å²) in [6.45, 7) is 2.00. The molecule has 2 aromatic rings. The highest BCUT2D eigenvalue weighted by Crippen LogP contribution is 2.54. The Bertz CT molecular complexity index is 1440. The second-order valence-electron chi connectivity index (χ2n) is 12.0. The molecule has 1 spiro atoms. The van der Waals surface area contributed by atoms with E-state index in [1.54, 1.807) is 24.3 Å². The van der Waals surface area contributed by atoms with Crippen molar-refractivity contribution in [2.24, 2.45) is 5.41 Å². The fraction of sp³-hybridized carbons (Fsp3) is 0.567. The quantitative estimate of drug-likeness (QED) is 0.415. The van der Waals surface area contributed by atoms with Gasteiger partial charge < -0.3 is 25.0 Å². The SMILES string of the molecule is O=C(Nc1ccc(S(=O)(=O)NCCO)cc1N1CCC2(CC1)CC2)c1cc2c(c(N3CCC(F)(F)CC3)c1)OCCC2. The van der Waals surface area contributed by atoms with Crippen molar-refractivity contribution in [2.45, 2.75) is 62.2 Å². The lowest BCUT2D eigenvalue weighted by Crippen LogP contribution is -2.39. The number of halogens is 2. The lowest BCUT2D eigenvalue weighted by molar-refractivity contribution is -0.0221. The highest BCUT2D eigenvalue weighted by molar-refractivity contribution is 7.89. The van der Waals surface area contributed by atoms with Crippen molar-refractivity contribution in [3.8, 4) is 5.75 Å². The smallest absolute Gasteiger partial charge is 0.255 e. The summed E-state index contributed by atoms with van der Waals surface area (Å²) in [6, 6.07) is 8.17. The molecule has 2 saturated heterocycles. The Morgan fingerprint density at radius 1 is 0.952 bits per heavy atom. The van der Waals surface area contributed by atoms with Crippen LogP contribution in [0.1, 0.15) is 60.9 Å². The molecule has 12 heteroatoms. The van der Waals surface area contributed by atoms with Gasteiger partial charge in [-0.15, -0.1) is 0 Å². The van der Waals surface area contributed by atoms with Crippen LogP contribution < -0.4 is 24.6 Å². The number of aryl methyl sites for hydroxylation is 1. The number of carbonyl (C=O) groups is 1. The number of fused-ring (bicyclic) bond motifs is 1. The first-order chi connectivity index (χ1) is 20.1. The van der Waals surface area contributed by atoms with Crippen molar-refractivity contribution in [1.82, 2.24) is 4.72 Å². The third kappa shape index (κ3) is 6.07. The standard InChI is InChI=1S/C30H38F2N4O5S/c31-30(32)9-14-36(15-10-30)26-19-22(18-21-2-1-17-41-27(21)26)28(38)34-24-4-3-23(42(39,40)33-11-16-37)20-25(24)35-12-7-29(5-6-29)8-13-35/h3-4,18-20,33,37H,1-2,5-17H2,(H,34,38). The van der Waals surface area contributed by atoms with Crippen LogP contribution in [0.5, 0.6) is 5.75 Å². The van der Waals surface area contributed by atoms with E-state index < -0.39 is 15.9 Å². The Balaban J connectivity index is 1.30. The van der Waals surface area contributed by atoms with Crippen molar-refractivity contribution in [3.63, 3.8) is 0 Å². The maximum Gasteiger partial charge on any atom is 0.255 e. The van der Waals surface area contributed by atoms with Crippen LogP contribution in [0, 0.1) is 5.41 Å². The van der Waals surface area contributed by atoms with Crippen LogP contribution in [-0.4, -0.2) is 71.3 Å². The number of benzene rings is 2. The second kappa shape index (κ2) is 11.3. The molecule has 0 atom stereocenters. The highest BCUT2D eigenvalue weighted by atomic mass is 32.2. The Kier molecular flexibility index (Phi) is 7.82. The fourth-order valence-electron chi connectivity index (χ4n) is 6.30. The molecule has 42 heavy (non-hydrogen) atoms. The van der Waals surface area contributed by atoms with E-state index in [-0.39, 0.29) is 49.9 Å². The number of aliphatic hydroxyl groups is 1. The highest BCUT2D eigenvalue weighted by Gasteiger charge is 2.44. The summed E-state index contributed by atoms with van der Waals surface area (Å²) in [5, 5.41) is 12.1. The Hall–Kier alpha value is -2.96. The molecule has 2 aromatic carbocycles. The van der Waals surface area contributed by atoms with Gasteiger partial charge in [0.25, 0.3) is 11.8 Å². The molecule has 1 aliphatic carbocycles. The van der Waals surface area contributed by atoms with Crippen LogP contribution in [0.3, 0.4) is 0 Å². The fourth-order valence-corrected chi connectivity index (χ4v) is 7.35. The molecule has 3 heterocycles. The zero-order valence-corrected chi connectivity index (χ0v) is 24.4. The van der Waals surface area contributed by atoms with Gasteiger partial charge in [-0.25, -0.2) is 21.9 Å². The minimum Gasteiger partial charge on any atom is -0.491 e. The van der Waals surface area contributed by atoms with E-state index in [1.165, 1.54) is 18.9 Å². The predicted molar refractivity (Wildman–Crippen MR) is 156 cm³/mol. The van der Waals surface area contributed by atoms with E-state index in [9.17, 15) is 22.0 Å². The summed E-state index contributed by atoms with van der Waals surface area (Å²) in [5.74, 6) is -2.39. The van der Waals surface area contributed by atoms with Crippen molar-refractivity contribution < 1.29 is 31.8 Å². The zero-order valence-electron chi connectivity index (χ0n) is 23.6. The monoisotopic (exact) mass is 604 g/mol. The summed E-state index contributed by atoms with van der Waals surface area (Å²) in [5.41, 5.74) is 3.48. The third-order valence-corrected chi connectivity index (χ3v) is 10.6. The summed E-state index contributed by atoms with van der Waals surface area (Å²) in [6.07, 6.45) is 5.51. The van der Waals surface area contributed by atoms with E-state index in [4.69, 9.17) is 9.84 Å². The van der Waals surface area contributed by atoms with E-state index >= 15 is 0 Å². The van der Waals surface area contributed by atoms with Crippen LogP contribution >= 0.6 is 0 Å². The topological polar surface area (TPSA) is 111 Å². The van der Waals surface area contributed by atoms with Crippen LogP contribution in [0.4, 0.5) is 25.8 Å². The van der Waals surface area contributed by atoms with Crippen molar-refractivity contribution >= 4 is 33.0 Å². The average molecular weight is 605 g/mol. The number of aliphatic hydroxyl groups excluding tert-OH is 1. The largest absolute Gasteiger partial charge is 0.491 e. The predicted octanol–water partition coefficient (Wildman–Crippen LogP) is 4.15. The van der Waals surface area contributed by atoms with Crippen LogP contribution in [0.25, 0.3) is 0 Å². The van der Waals surface area contributed by atoms with E-state index in [2.05, 4.69) is 14.9 Å². The van der Waals surface area contributed by atoms with E-state index in [0.29, 0.717) is 40.4 Å². The Morgan fingerprint density at radius 2 is 1.64 bits per heavy atom. The minimum atomic E-state index is -3.85. The molecule has 3 fully saturated rings. The van der Waals surface area contributed by atoms with Gasteiger partial charge in [0.05, 0.1) is 35.2 Å². The molecule has 3 N–H and O–H groups in total. The van der Waals surface area contributed by atoms with Crippen molar-refractivity contribution in [3.05, 3.63) is 41.5 Å². The van der Waals surface area contributed by atoms with Crippen LogP contribution in [-0.2, 0) is 16.4 Å². The lowest BCUT2D eigenvalue weighted by atomic mass is 9.93. The normalized spacial score (nSPS) is 21.0. The van der Waals surface area contributed by atoms with Crippen LogP contribution in [0.15, 0.2) is 35.2 Å². The summed E-state index contributed by atoms with van der Waals surface area (Å²) in [7, 11) is -3.85. The van der Waals surface area contributed by atoms with E-state index in [1.807, 2.05) is 4.90 Å². The number of ether oxygens (including phenoxy) is 1. The number of rotatable bonds is 8. The molecule has 1 amide bonds. The molecular weight excluding hydrogens is 566 g/mol. The molecule has 1 saturated carbocycles. The molecule has 0 unspecified atom stereocenters. The van der Waals surface area contributed by atoms with Gasteiger partial charge in [0, 0.05) is 51.1 Å². The molecular formula is C30H38F2N4O5S. The van der Waals surface area contributed by atoms with Gasteiger partial charge >= 0.3 is 0 Å². The molecule has 3 aliphatic heterocycles. The first-order valence-corrected chi connectivity index (χ1v) is 16.3. The van der Waals surface area contributed by atoms with Gasteiger partial charge in [-0.05, 0) is 79.8 Å². The van der Waals surface area contributed by atoms with E-state index in [0.717, 1.165) is 44.3 Å². The zero-order chi connectivity index (χ0) is 29.5.